The maximum absolute atomic E-state index is 3.54. The number of hydrogen-bond donors (Lipinski definition) is 1. The molecule has 0 fully saturated rings. The maximum Gasteiger partial charge on any atom is 0.0414 e. The molecule has 0 saturated heterocycles. The summed E-state index contributed by atoms with van der Waals surface area (Å²) in [5, 5.41) is 3.54. The summed E-state index contributed by atoms with van der Waals surface area (Å²) in [5.74, 6) is 0. The molecule has 0 bridgehead atoms. The standard InChI is InChI=1S/C34H39N/c1-24-8-21-32(25(2)22-24)35-31-19-15-29(16-20-31)27-11-9-26(10-12-27)28-13-17-30(18-14-28)34(6,7)23-33(3,4)5/h8-22,35H,23H2,1-7H3. The van der Waals surface area contributed by atoms with E-state index in [1.807, 2.05) is 0 Å². The first-order chi connectivity index (χ1) is 16.5. The van der Waals surface area contributed by atoms with Gasteiger partial charge in [-0.25, -0.2) is 0 Å². The molecule has 0 aliphatic rings. The summed E-state index contributed by atoms with van der Waals surface area (Å²) in [4.78, 5) is 0. The summed E-state index contributed by atoms with van der Waals surface area (Å²) in [6, 6.07) is 33.2. The molecule has 0 aromatic heterocycles. The van der Waals surface area contributed by atoms with Crippen molar-refractivity contribution in [2.75, 3.05) is 5.32 Å². The van der Waals surface area contributed by atoms with Crippen molar-refractivity contribution in [3.63, 3.8) is 0 Å². The monoisotopic (exact) mass is 461 g/mol. The molecule has 0 radical (unpaired) electrons. The summed E-state index contributed by atoms with van der Waals surface area (Å²) in [7, 11) is 0. The topological polar surface area (TPSA) is 12.0 Å². The lowest BCUT2D eigenvalue weighted by molar-refractivity contribution is 0.284. The minimum Gasteiger partial charge on any atom is -0.355 e. The molecule has 4 aromatic carbocycles. The van der Waals surface area contributed by atoms with Crippen LogP contribution in [0.15, 0.2) is 91.0 Å². The normalized spacial score (nSPS) is 12.0. The molecule has 0 unspecified atom stereocenters. The van der Waals surface area contributed by atoms with E-state index in [0.717, 1.165) is 17.8 Å². The zero-order valence-corrected chi connectivity index (χ0v) is 22.4. The fraction of sp³-hybridized carbons (Fsp3) is 0.294. The van der Waals surface area contributed by atoms with Crippen LogP contribution in [-0.4, -0.2) is 0 Å². The quantitative estimate of drug-likeness (QED) is 0.301. The second kappa shape index (κ2) is 9.74. The van der Waals surface area contributed by atoms with E-state index < -0.39 is 0 Å². The maximum atomic E-state index is 3.54. The molecule has 180 valence electrons. The van der Waals surface area contributed by atoms with Gasteiger partial charge in [-0.05, 0) is 82.7 Å². The second-order valence-corrected chi connectivity index (χ2v) is 11.8. The van der Waals surface area contributed by atoms with E-state index in [9.17, 15) is 0 Å². The summed E-state index contributed by atoms with van der Waals surface area (Å²) in [6.45, 7) is 15.9. The van der Waals surface area contributed by atoms with Gasteiger partial charge in [-0.15, -0.1) is 0 Å². The SMILES string of the molecule is Cc1ccc(Nc2ccc(-c3ccc(-c4ccc(C(C)(C)CC(C)(C)C)cc4)cc3)cc2)c(C)c1. The molecule has 4 aromatic rings. The predicted molar refractivity (Wildman–Crippen MR) is 154 cm³/mol. The minimum absolute atomic E-state index is 0.166. The van der Waals surface area contributed by atoms with Crippen LogP contribution in [0.4, 0.5) is 11.4 Å². The van der Waals surface area contributed by atoms with Crippen LogP contribution >= 0.6 is 0 Å². The van der Waals surface area contributed by atoms with E-state index in [2.05, 4.69) is 145 Å². The average Bonchev–Trinajstić information content (AvgIpc) is 2.80. The summed E-state index contributed by atoms with van der Waals surface area (Å²) < 4.78 is 0. The van der Waals surface area contributed by atoms with Crippen LogP contribution in [0.1, 0.15) is 57.7 Å². The molecular weight excluding hydrogens is 422 g/mol. The molecule has 0 aliphatic carbocycles. The Kier molecular flexibility index (Phi) is 6.90. The Balaban J connectivity index is 1.46. The number of aryl methyl sites for hydroxylation is 2. The largest absolute Gasteiger partial charge is 0.355 e. The van der Waals surface area contributed by atoms with E-state index in [0.29, 0.717) is 5.41 Å². The van der Waals surface area contributed by atoms with Crippen molar-refractivity contribution in [1.82, 2.24) is 0 Å². The van der Waals surface area contributed by atoms with Crippen LogP contribution in [0.5, 0.6) is 0 Å². The van der Waals surface area contributed by atoms with Gasteiger partial charge in [-0.2, -0.15) is 0 Å². The first-order valence-corrected chi connectivity index (χ1v) is 12.7. The van der Waals surface area contributed by atoms with Crippen molar-refractivity contribution in [1.29, 1.82) is 0 Å². The highest BCUT2D eigenvalue weighted by atomic mass is 14.9. The van der Waals surface area contributed by atoms with Crippen molar-refractivity contribution in [2.45, 2.75) is 60.3 Å². The highest BCUT2D eigenvalue weighted by Gasteiger charge is 2.27. The zero-order valence-electron chi connectivity index (χ0n) is 22.4. The molecule has 35 heavy (non-hydrogen) atoms. The van der Waals surface area contributed by atoms with Gasteiger partial charge in [0.1, 0.15) is 0 Å². The lowest BCUT2D eigenvalue weighted by Crippen LogP contribution is -2.24. The molecule has 4 rings (SSSR count). The predicted octanol–water partition coefficient (Wildman–Crippen LogP) is 10.1. The Labute approximate surface area is 212 Å². The zero-order chi connectivity index (χ0) is 25.2. The van der Waals surface area contributed by atoms with Gasteiger partial charge < -0.3 is 5.32 Å². The van der Waals surface area contributed by atoms with Crippen LogP contribution in [0.2, 0.25) is 0 Å². The van der Waals surface area contributed by atoms with Gasteiger partial charge in [0.2, 0.25) is 0 Å². The molecule has 1 nitrogen and oxygen atoms in total. The van der Waals surface area contributed by atoms with Crippen LogP contribution in [0.25, 0.3) is 22.3 Å². The Morgan fingerprint density at radius 3 is 1.49 bits per heavy atom. The van der Waals surface area contributed by atoms with Crippen LogP contribution in [0.3, 0.4) is 0 Å². The minimum atomic E-state index is 0.166. The van der Waals surface area contributed by atoms with Crippen molar-refractivity contribution in [3.8, 4) is 22.3 Å². The Bertz CT molecular complexity index is 1270. The Hall–Kier alpha value is -3.32. The van der Waals surface area contributed by atoms with E-state index in [4.69, 9.17) is 0 Å². The number of nitrogens with one attached hydrogen (secondary N) is 1. The highest BCUT2D eigenvalue weighted by molar-refractivity contribution is 5.73. The van der Waals surface area contributed by atoms with Gasteiger partial charge in [0, 0.05) is 11.4 Å². The lowest BCUT2D eigenvalue weighted by Gasteiger charge is -2.33. The molecule has 0 amide bonds. The summed E-state index contributed by atoms with van der Waals surface area (Å²) >= 11 is 0. The third-order valence-corrected chi connectivity index (χ3v) is 6.74. The summed E-state index contributed by atoms with van der Waals surface area (Å²) in [6.07, 6.45) is 1.16. The number of hydrogen-bond acceptors (Lipinski definition) is 1. The third kappa shape index (κ3) is 6.22. The smallest absolute Gasteiger partial charge is 0.0414 e. The molecular formula is C34H39N. The molecule has 0 saturated carbocycles. The van der Waals surface area contributed by atoms with Gasteiger partial charge in [0.25, 0.3) is 0 Å². The first kappa shape index (κ1) is 24.8. The first-order valence-electron chi connectivity index (χ1n) is 12.7. The van der Waals surface area contributed by atoms with Crippen molar-refractivity contribution < 1.29 is 0 Å². The Morgan fingerprint density at radius 2 is 1.03 bits per heavy atom. The van der Waals surface area contributed by atoms with E-state index in [1.165, 1.54) is 38.9 Å². The number of anilines is 2. The highest BCUT2D eigenvalue weighted by Crippen LogP contribution is 2.37. The van der Waals surface area contributed by atoms with Gasteiger partial charge in [0.15, 0.2) is 0 Å². The summed E-state index contributed by atoms with van der Waals surface area (Å²) in [5.41, 5.74) is 11.7. The van der Waals surface area contributed by atoms with Gasteiger partial charge in [-0.3, -0.25) is 0 Å². The molecule has 0 aliphatic heterocycles. The molecule has 0 heterocycles. The second-order valence-electron chi connectivity index (χ2n) is 11.8. The third-order valence-electron chi connectivity index (χ3n) is 6.74. The van der Waals surface area contributed by atoms with Gasteiger partial charge >= 0.3 is 0 Å². The fourth-order valence-electron chi connectivity index (χ4n) is 5.25. The van der Waals surface area contributed by atoms with Crippen molar-refractivity contribution in [3.05, 3.63) is 108 Å². The molecule has 0 atom stereocenters. The average molecular weight is 462 g/mol. The van der Waals surface area contributed by atoms with Gasteiger partial charge in [-0.1, -0.05) is 113 Å². The van der Waals surface area contributed by atoms with Crippen LogP contribution < -0.4 is 5.32 Å². The van der Waals surface area contributed by atoms with E-state index in [1.54, 1.807) is 0 Å². The van der Waals surface area contributed by atoms with Crippen molar-refractivity contribution in [2.24, 2.45) is 5.41 Å². The van der Waals surface area contributed by atoms with Gasteiger partial charge in [0.05, 0.1) is 0 Å². The van der Waals surface area contributed by atoms with Crippen molar-refractivity contribution >= 4 is 11.4 Å². The Morgan fingerprint density at radius 1 is 0.571 bits per heavy atom. The number of benzene rings is 4. The lowest BCUT2D eigenvalue weighted by atomic mass is 9.72. The fourth-order valence-corrected chi connectivity index (χ4v) is 5.25. The van der Waals surface area contributed by atoms with Crippen LogP contribution in [-0.2, 0) is 5.41 Å². The number of rotatable bonds is 6. The molecule has 1 N–H and O–H groups in total. The van der Waals surface area contributed by atoms with E-state index in [-0.39, 0.29) is 5.41 Å². The molecule has 1 heteroatoms. The van der Waals surface area contributed by atoms with E-state index >= 15 is 0 Å². The molecule has 0 spiro atoms. The van der Waals surface area contributed by atoms with Crippen LogP contribution in [0, 0.1) is 19.3 Å².